The molecular weight excluding hydrogens is 187 g/mol. The predicted molar refractivity (Wildman–Crippen MR) is 52.3 cm³/mol. The number of Topliss-reactive ketones (excluding diaryl/α,β-unsaturated/α-hetero) is 1. The highest BCUT2D eigenvalue weighted by atomic mass is 31.2. The van der Waals surface area contributed by atoms with Crippen LogP contribution in [-0.4, -0.2) is 24.2 Å². The van der Waals surface area contributed by atoms with Gasteiger partial charge in [0.25, 0.3) is 0 Å². The van der Waals surface area contributed by atoms with Crippen LogP contribution >= 0.6 is 7.37 Å². The lowest BCUT2D eigenvalue weighted by atomic mass is 9.99. The molecule has 2 atom stereocenters. The van der Waals surface area contributed by atoms with Gasteiger partial charge in [-0.3, -0.25) is 9.36 Å². The van der Waals surface area contributed by atoms with Gasteiger partial charge in [-0.05, 0) is 19.4 Å². The van der Waals surface area contributed by atoms with Crippen LogP contribution in [0.25, 0.3) is 0 Å². The zero-order valence-corrected chi connectivity index (χ0v) is 9.14. The number of carbonyl (C=O) groups is 1. The van der Waals surface area contributed by atoms with Crippen LogP contribution in [0.2, 0.25) is 0 Å². The van der Waals surface area contributed by atoms with Gasteiger partial charge in [0.2, 0.25) is 7.37 Å². The van der Waals surface area contributed by atoms with E-state index in [4.69, 9.17) is 4.52 Å². The van der Waals surface area contributed by atoms with E-state index in [1.165, 1.54) is 0 Å². The number of carbonyl (C=O) groups excluding carboxylic acids is 1. The molecule has 4 heteroatoms. The third-order valence-corrected chi connectivity index (χ3v) is 5.09. The zero-order valence-electron chi connectivity index (χ0n) is 8.24. The Morgan fingerprint density at radius 2 is 2.15 bits per heavy atom. The molecule has 0 N–H and O–H groups in total. The molecule has 0 aromatic rings. The van der Waals surface area contributed by atoms with Crippen LogP contribution in [0.4, 0.5) is 0 Å². The van der Waals surface area contributed by atoms with Crippen LogP contribution < -0.4 is 0 Å². The van der Waals surface area contributed by atoms with Gasteiger partial charge in [0, 0.05) is 6.16 Å². The van der Waals surface area contributed by atoms with Crippen molar-refractivity contribution in [3.63, 3.8) is 0 Å². The Hall–Kier alpha value is -0.400. The number of ketones is 1. The van der Waals surface area contributed by atoms with E-state index in [1.54, 1.807) is 26.8 Å². The minimum absolute atomic E-state index is 0.0152. The summed E-state index contributed by atoms with van der Waals surface area (Å²) < 4.78 is 17.2. The summed E-state index contributed by atoms with van der Waals surface area (Å²) in [5, 5.41) is 0. The Bertz CT molecular complexity index is 293. The number of allylic oxidation sites excluding steroid dienone is 2. The highest BCUT2D eigenvalue weighted by Crippen LogP contribution is 2.55. The second kappa shape index (κ2) is 3.77. The molecule has 0 aromatic heterocycles. The summed E-state index contributed by atoms with van der Waals surface area (Å²) in [6.07, 6.45) is 2.18. The van der Waals surface area contributed by atoms with Gasteiger partial charge in [-0.1, -0.05) is 13.0 Å². The fourth-order valence-corrected chi connectivity index (χ4v) is 3.60. The summed E-state index contributed by atoms with van der Waals surface area (Å²) in [5.41, 5.74) is 0.246. The molecule has 0 saturated carbocycles. The van der Waals surface area contributed by atoms with Crippen molar-refractivity contribution >= 4 is 13.2 Å². The topological polar surface area (TPSA) is 43.4 Å². The van der Waals surface area contributed by atoms with Crippen LogP contribution in [-0.2, 0) is 13.9 Å². The van der Waals surface area contributed by atoms with Crippen molar-refractivity contribution < 1.29 is 13.9 Å². The molecule has 0 bridgehead atoms. The van der Waals surface area contributed by atoms with Gasteiger partial charge in [0.05, 0.1) is 6.61 Å². The van der Waals surface area contributed by atoms with E-state index in [2.05, 4.69) is 0 Å². The quantitative estimate of drug-likeness (QED) is 0.656. The lowest BCUT2D eigenvalue weighted by molar-refractivity contribution is -0.116. The molecule has 0 spiro atoms. The average molecular weight is 202 g/mol. The lowest BCUT2D eigenvalue weighted by Crippen LogP contribution is -2.30. The van der Waals surface area contributed by atoms with Crippen molar-refractivity contribution in [3.8, 4) is 0 Å². The number of rotatable bonds is 4. The Morgan fingerprint density at radius 1 is 1.54 bits per heavy atom. The molecule has 74 valence electrons. The van der Waals surface area contributed by atoms with E-state index in [-0.39, 0.29) is 5.78 Å². The maximum atomic E-state index is 12.0. The van der Waals surface area contributed by atoms with Gasteiger partial charge in [0.15, 0.2) is 5.78 Å². The van der Waals surface area contributed by atoms with Crippen molar-refractivity contribution in [1.29, 1.82) is 0 Å². The molecule has 0 aromatic carbocycles. The molecule has 13 heavy (non-hydrogen) atoms. The van der Waals surface area contributed by atoms with Crippen LogP contribution in [0.15, 0.2) is 11.6 Å². The summed E-state index contributed by atoms with van der Waals surface area (Å²) >= 11 is 0. The fourth-order valence-electron chi connectivity index (χ4n) is 1.41. The number of hydrogen-bond donors (Lipinski definition) is 0. The van der Waals surface area contributed by atoms with Crippen molar-refractivity contribution in [1.82, 2.24) is 0 Å². The third-order valence-electron chi connectivity index (χ3n) is 2.28. The molecule has 0 saturated heterocycles. The monoisotopic (exact) mass is 202 g/mol. The van der Waals surface area contributed by atoms with Crippen molar-refractivity contribution in [3.05, 3.63) is 11.6 Å². The van der Waals surface area contributed by atoms with Crippen molar-refractivity contribution in [2.24, 2.45) is 0 Å². The molecule has 0 heterocycles. The molecular formula is C9H15O3P. The van der Waals surface area contributed by atoms with Gasteiger partial charge in [0.1, 0.15) is 5.66 Å². The smallest absolute Gasteiger partial charge is 0.217 e. The van der Waals surface area contributed by atoms with E-state index < -0.39 is 13.0 Å². The third kappa shape index (κ3) is 1.77. The maximum absolute atomic E-state index is 12.0. The van der Waals surface area contributed by atoms with Crippen molar-refractivity contribution in [2.75, 3.05) is 12.8 Å². The van der Waals surface area contributed by atoms with Gasteiger partial charge < -0.3 is 4.52 Å². The predicted octanol–water partition coefficient (Wildman–Crippen LogP) is 2.22. The molecule has 1 aliphatic rings. The van der Waals surface area contributed by atoms with E-state index >= 15 is 0 Å². The van der Waals surface area contributed by atoms with Crippen LogP contribution in [0.1, 0.15) is 20.8 Å². The summed E-state index contributed by atoms with van der Waals surface area (Å²) in [5.74, 6) is -0.0152. The number of hydrogen-bond acceptors (Lipinski definition) is 3. The highest BCUT2D eigenvalue weighted by molar-refractivity contribution is 7.61. The van der Waals surface area contributed by atoms with Crippen LogP contribution in [0, 0.1) is 0 Å². The first-order valence-corrected chi connectivity index (χ1v) is 6.39. The largest absolute Gasteiger partial charge is 0.328 e. The second-order valence-electron chi connectivity index (χ2n) is 3.12. The molecule has 2 unspecified atom stereocenters. The molecule has 0 amide bonds. The summed E-state index contributed by atoms with van der Waals surface area (Å²) in [7, 11) is -2.72. The summed E-state index contributed by atoms with van der Waals surface area (Å²) in [4.78, 5) is 11.3. The Kier molecular flexibility index (Phi) is 3.09. The van der Waals surface area contributed by atoms with E-state index in [0.717, 1.165) is 0 Å². The standard InChI is InChI=1S/C9H15O3P/c1-4-12-13(11,5-2)8-6-7(3)9(8)10/h6,8H,4-5H2,1-3H3. The maximum Gasteiger partial charge on any atom is 0.217 e. The fraction of sp³-hybridized carbons (Fsp3) is 0.667. The van der Waals surface area contributed by atoms with Crippen molar-refractivity contribution in [2.45, 2.75) is 26.4 Å². The first-order valence-electron chi connectivity index (χ1n) is 4.51. The van der Waals surface area contributed by atoms with E-state index in [9.17, 15) is 9.36 Å². The normalized spacial score (nSPS) is 26.2. The van der Waals surface area contributed by atoms with Crippen LogP contribution in [0.5, 0.6) is 0 Å². The molecule has 0 radical (unpaired) electrons. The minimum atomic E-state index is -2.72. The van der Waals surface area contributed by atoms with Gasteiger partial charge in [-0.25, -0.2) is 0 Å². The van der Waals surface area contributed by atoms with Gasteiger partial charge in [-0.15, -0.1) is 0 Å². The Balaban J connectivity index is 2.81. The molecule has 0 aliphatic heterocycles. The molecule has 3 nitrogen and oxygen atoms in total. The second-order valence-corrected chi connectivity index (χ2v) is 6.02. The summed E-state index contributed by atoms with van der Waals surface area (Å²) in [6.45, 7) is 5.74. The molecule has 1 rings (SSSR count). The minimum Gasteiger partial charge on any atom is -0.328 e. The molecule has 0 fully saturated rings. The summed E-state index contributed by atoms with van der Waals surface area (Å²) in [6, 6.07) is 0. The average Bonchev–Trinajstić information content (AvgIpc) is 2.13. The van der Waals surface area contributed by atoms with Gasteiger partial charge in [-0.2, -0.15) is 0 Å². The highest BCUT2D eigenvalue weighted by Gasteiger charge is 2.42. The van der Waals surface area contributed by atoms with E-state index in [1.807, 2.05) is 0 Å². The first-order chi connectivity index (χ1) is 6.05. The lowest BCUT2D eigenvalue weighted by Gasteiger charge is -2.28. The Labute approximate surface area is 78.6 Å². The first kappa shape index (κ1) is 10.7. The van der Waals surface area contributed by atoms with Crippen LogP contribution in [0.3, 0.4) is 0 Å². The van der Waals surface area contributed by atoms with E-state index in [0.29, 0.717) is 18.3 Å². The zero-order chi connectivity index (χ0) is 10.1. The molecule has 1 aliphatic carbocycles. The SMILES string of the molecule is CCOP(=O)(CC)C1C=C(C)C1=O. The Morgan fingerprint density at radius 3 is 2.46 bits per heavy atom. The van der Waals surface area contributed by atoms with Gasteiger partial charge >= 0.3 is 0 Å².